The molecule has 0 aromatic carbocycles. The highest BCUT2D eigenvalue weighted by Gasteiger charge is 2.22. The molecule has 1 aliphatic heterocycles. The number of pyridine rings is 2. The zero-order valence-corrected chi connectivity index (χ0v) is 18.2. The second kappa shape index (κ2) is 8.38. The van der Waals surface area contributed by atoms with Gasteiger partial charge < -0.3 is 18.9 Å². The van der Waals surface area contributed by atoms with Crippen LogP contribution in [0, 0.1) is 0 Å². The Hall–Kier alpha value is -3.40. The summed E-state index contributed by atoms with van der Waals surface area (Å²) in [5, 5.41) is 0. The van der Waals surface area contributed by atoms with E-state index >= 15 is 0 Å². The van der Waals surface area contributed by atoms with Crippen LogP contribution in [-0.2, 0) is 16.5 Å². The Morgan fingerprint density at radius 3 is 2.65 bits per heavy atom. The molecule has 4 rings (SSSR count). The van der Waals surface area contributed by atoms with Crippen LogP contribution < -0.4 is 15.8 Å². The van der Waals surface area contributed by atoms with E-state index < -0.39 is 11.7 Å². The molecule has 10 nitrogen and oxygen atoms in total. The standard InChI is InChI=1S/C21H27N7O3/c1-21(2,3)31-20(29)26-25-16-13-15(28-9-11-30-12-10-28)17-19(23-16)27(4)18(24-17)14-7-5-6-8-22-14/h5-8,13H,9-12H2,1-4H3,(H,23,25)(H,26,29). The normalized spacial score (nSPS) is 14.5. The van der Waals surface area contributed by atoms with Gasteiger partial charge in [0.15, 0.2) is 11.5 Å². The fourth-order valence-corrected chi connectivity index (χ4v) is 3.39. The van der Waals surface area contributed by atoms with Gasteiger partial charge in [0.05, 0.1) is 18.9 Å². The molecule has 4 heterocycles. The first-order valence-electron chi connectivity index (χ1n) is 10.2. The number of anilines is 2. The largest absolute Gasteiger partial charge is 0.443 e. The summed E-state index contributed by atoms with van der Waals surface area (Å²) in [7, 11) is 1.90. The molecular formula is C21H27N7O3. The lowest BCUT2D eigenvalue weighted by molar-refractivity contribution is 0.0541. The molecular weight excluding hydrogens is 398 g/mol. The van der Waals surface area contributed by atoms with Crippen molar-refractivity contribution in [3.8, 4) is 11.5 Å². The highest BCUT2D eigenvalue weighted by Crippen LogP contribution is 2.31. The predicted octanol–water partition coefficient (Wildman–Crippen LogP) is 2.72. The van der Waals surface area contributed by atoms with E-state index in [1.807, 2.05) is 56.7 Å². The molecule has 164 valence electrons. The van der Waals surface area contributed by atoms with Crippen LogP contribution in [0.15, 0.2) is 30.5 Å². The van der Waals surface area contributed by atoms with E-state index in [9.17, 15) is 4.79 Å². The minimum Gasteiger partial charge on any atom is -0.443 e. The lowest BCUT2D eigenvalue weighted by Gasteiger charge is -2.29. The molecule has 0 aliphatic carbocycles. The third-order valence-corrected chi connectivity index (χ3v) is 4.74. The maximum atomic E-state index is 12.1. The minimum atomic E-state index is -0.596. The summed E-state index contributed by atoms with van der Waals surface area (Å²) >= 11 is 0. The molecule has 0 radical (unpaired) electrons. The van der Waals surface area contributed by atoms with Gasteiger partial charge >= 0.3 is 6.09 Å². The van der Waals surface area contributed by atoms with Gasteiger partial charge in [0.2, 0.25) is 0 Å². The van der Waals surface area contributed by atoms with Crippen molar-refractivity contribution < 1.29 is 14.3 Å². The predicted molar refractivity (Wildman–Crippen MR) is 118 cm³/mol. The average Bonchev–Trinajstić information content (AvgIpc) is 3.08. The molecule has 0 spiro atoms. The maximum Gasteiger partial charge on any atom is 0.426 e. The Kier molecular flexibility index (Phi) is 5.64. The Morgan fingerprint density at radius 1 is 1.19 bits per heavy atom. The van der Waals surface area contributed by atoms with E-state index in [4.69, 9.17) is 14.5 Å². The highest BCUT2D eigenvalue weighted by molar-refractivity contribution is 5.91. The number of imidazole rings is 1. The lowest BCUT2D eigenvalue weighted by atomic mass is 10.2. The lowest BCUT2D eigenvalue weighted by Crippen LogP contribution is -2.37. The van der Waals surface area contributed by atoms with E-state index in [0.717, 1.165) is 35.8 Å². The second-order valence-electron chi connectivity index (χ2n) is 8.26. The fourth-order valence-electron chi connectivity index (χ4n) is 3.39. The third-order valence-electron chi connectivity index (χ3n) is 4.74. The smallest absolute Gasteiger partial charge is 0.426 e. The van der Waals surface area contributed by atoms with Gasteiger partial charge in [-0.3, -0.25) is 10.4 Å². The Morgan fingerprint density at radius 2 is 1.97 bits per heavy atom. The van der Waals surface area contributed by atoms with Crippen LogP contribution in [0.25, 0.3) is 22.7 Å². The number of morpholine rings is 1. The summed E-state index contributed by atoms with van der Waals surface area (Å²) in [6.07, 6.45) is 1.16. The van der Waals surface area contributed by atoms with Gasteiger partial charge in [-0.25, -0.2) is 20.2 Å². The number of aromatic nitrogens is 4. The number of hydrogen-bond acceptors (Lipinski definition) is 8. The molecule has 31 heavy (non-hydrogen) atoms. The van der Waals surface area contributed by atoms with E-state index in [1.165, 1.54) is 0 Å². The van der Waals surface area contributed by atoms with Crippen molar-refractivity contribution >= 4 is 28.8 Å². The summed E-state index contributed by atoms with van der Waals surface area (Å²) in [6.45, 7) is 8.19. The molecule has 0 atom stereocenters. The minimum absolute atomic E-state index is 0.482. The molecule has 10 heteroatoms. The van der Waals surface area contributed by atoms with Crippen LogP contribution in [0.5, 0.6) is 0 Å². The van der Waals surface area contributed by atoms with Crippen molar-refractivity contribution in [1.29, 1.82) is 0 Å². The third kappa shape index (κ3) is 4.69. The van der Waals surface area contributed by atoms with Crippen LogP contribution in [0.1, 0.15) is 20.8 Å². The topological polar surface area (TPSA) is 106 Å². The van der Waals surface area contributed by atoms with Crippen molar-refractivity contribution in [1.82, 2.24) is 24.9 Å². The number of nitrogens with one attached hydrogen (secondary N) is 2. The van der Waals surface area contributed by atoms with Crippen molar-refractivity contribution in [2.75, 3.05) is 36.6 Å². The molecule has 0 unspecified atom stereocenters. The summed E-state index contributed by atoms with van der Waals surface area (Å²) in [4.78, 5) is 28.2. The van der Waals surface area contributed by atoms with Crippen LogP contribution in [0.2, 0.25) is 0 Å². The van der Waals surface area contributed by atoms with Crippen molar-refractivity contribution in [2.24, 2.45) is 7.05 Å². The van der Waals surface area contributed by atoms with Gasteiger partial charge in [-0.05, 0) is 32.9 Å². The maximum absolute atomic E-state index is 12.1. The average molecular weight is 425 g/mol. The number of nitrogens with zero attached hydrogens (tertiary/aromatic N) is 5. The molecule has 1 aliphatic rings. The summed E-state index contributed by atoms with van der Waals surface area (Å²) in [5.41, 5.74) is 7.95. The number of rotatable bonds is 4. The molecule has 0 saturated carbocycles. The molecule has 3 aromatic heterocycles. The number of ether oxygens (including phenoxy) is 2. The molecule has 1 fully saturated rings. The monoisotopic (exact) mass is 425 g/mol. The van der Waals surface area contributed by atoms with Crippen LogP contribution >= 0.6 is 0 Å². The highest BCUT2D eigenvalue weighted by atomic mass is 16.6. The van der Waals surface area contributed by atoms with Crippen molar-refractivity contribution in [2.45, 2.75) is 26.4 Å². The number of carbonyl (C=O) groups excluding carboxylic acids is 1. The first kappa shape index (κ1) is 20.9. The molecule has 0 bridgehead atoms. The summed E-state index contributed by atoms with van der Waals surface area (Å²) < 4.78 is 12.7. The van der Waals surface area contributed by atoms with Gasteiger partial charge in [-0.2, -0.15) is 0 Å². The van der Waals surface area contributed by atoms with E-state index in [0.29, 0.717) is 24.7 Å². The van der Waals surface area contributed by atoms with Gasteiger partial charge in [0.25, 0.3) is 0 Å². The number of carbonyl (C=O) groups is 1. The number of amides is 1. The Labute approximate surface area is 180 Å². The number of hydrogen-bond donors (Lipinski definition) is 2. The number of hydrazine groups is 1. The zero-order valence-electron chi connectivity index (χ0n) is 18.2. The first-order chi connectivity index (χ1) is 14.8. The molecule has 2 N–H and O–H groups in total. The van der Waals surface area contributed by atoms with Crippen LogP contribution in [0.4, 0.5) is 16.3 Å². The summed E-state index contributed by atoms with van der Waals surface area (Å²) in [6, 6.07) is 7.59. The van der Waals surface area contributed by atoms with E-state index in [2.05, 4.69) is 25.7 Å². The zero-order chi connectivity index (χ0) is 22.0. The van der Waals surface area contributed by atoms with Gasteiger partial charge in [-0.15, -0.1) is 0 Å². The van der Waals surface area contributed by atoms with Gasteiger partial charge in [0, 0.05) is 32.4 Å². The molecule has 1 saturated heterocycles. The van der Waals surface area contributed by atoms with Crippen molar-refractivity contribution in [3.05, 3.63) is 30.5 Å². The Balaban J connectivity index is 1.72. The Bertz CT molecular complexity index is 1070. The molecule has 1 amide bonds. The van der Waals surface area contributed by atoms with Crippen LogP contribution in [0.3, 0.4) is 0 Å². The van der Waals surface area contributed by atoms with Gasteiger partial charge in [-0.1, -0.05) is 6.07 Å². The SMILES string of the molecule is Cn1c(-c2ccccn2)nc2c(N3CCOCC3)cc(NNC(=O)OC(C)(C)C)nc21. The quantitative estimate of drug-likeness (QED) is 0.615. The van der Waals surface area contributed by atoms with Crippen molar-refractivity contribution in [3.63, 3.8) is 0 Å². The fraction of sp³-hybridized carbons (Fsp3) is 0.429. The molecule has 3 aromatic rings. The van der Waals surface area contributed by atoms with E-state index in [1.54, 1.807) is 6.20 Å². The number of fused-ring (bicyclic) bond motifs is 1. The first-order valence-corrected chi connectivity index (χ1v) is 10.2. The second-order valence-corrected chi connectivity index (χ2v) is 8.26. The summed E-state index contributed by atoms with van der Waals surface area (Å²) in [5.74, 6) is 1.20. The van der Waals surface area contributed by atoms with Gasteiger partial charge in [0.1, 0.15) is 22.6 Å². The number of aryl methyl sites for hydroxylation is 1. The van der Waals surface area contributed by atoms with E-state index in [-0.39, 0.29) is 0 Å². The van der Waals surface area contributed by atoms with Crippen LogP contribution in [-0.4, -0.2) is 57.5 Å².